The van der Waals surface area contributed by atoms with Crippen molar-refractivity contribution in [1.29, 1.82) is 0 Å². The molecule has 0 aliphatic carbocycles. The second kappa shape index (κ2) is 3.72. The molecule has 0 spiro atoms. The van der Waals surface area contributed by atoms with Gasteiger partial charge in [0.2, 0.25) is 0 Å². The van der Waals surface area contributed by atoms with Crippen molar-refractivity contribution in [2.24, 2.45) is 0 Å². The maximum absolute atomic E-state index is 4.18. The van der Waals surface area contributed by atoms with Crippen molar-refractivity contribution in [2.75, 3.05) is 6.26 Å². The average molecular weight is 168 g/mol. The highest BCUT2D eigenvalue weighted by atomic mass is 32.2. The van der Waals surface area contributed by atoms with Crippen molar-refractivity contribution in [3.63, 3.8) is 0 Å². The van der Waals surface area contributed by atoms with Gasteiger partial charge in [-0.3, -0.25) is 0 Å². The smallest absolute Gasteiger partial charge is 0.116 e. The van der Waals surface area contributed by atoms with Crippen LogP contribution < -0.4 is 0 Å². The molecule has 1 heterocycles. The number of rotatable bonds is 2. The lowest BCUT2D eigenvalue weighted by Gasteiger charge is -2.04. The molecule has 0 fully saturated rings. The van der Waals surface area contributed by atoms with Crippen LogP contribution in [0.4, 0.5) is 0 Å². The molecule has 2 nitrogen and oxygen atoms in total. The highest BCUT2D eigenvalue weighted by molar-refractivity contribution is 7.98. The highest BCUT2D eigenvalue weighted by Crippen LogP contribution is 2.18. The van der Waals surface area contributed by atoms with Crippen molar-refractivity contribution in [3.8, 4) is 0 Å². The summed E-state index contributed by atoms with van der Waals surface area (Å²) >= 11 is 1.68. The van der Waals surface area contributed by atoms with E-state index in [-0.39, 0.29) is 0 Å². The molecule has 0 unspecified atom stereocenters. The topological polar surface area (TPSA) is 25.8 Å². The largest absolute Gasteiger partial charge is 0.241 e. The summed E-state index contributed by atoms with van der Waals surface area (Å²) in [5.74, 6) is 0. The van der Waals surface area contributed by atoms with Crippen molar-refractivity contribution in [1.82, 2.24) is 9.97 Å². The van der Waals surface area contributed by atoms with Gasteiger partial charge in [0.25, 0.3) is 0 Å². The number of aryl methyl sites for hydroxylation is 1. The molecule has 0 saturated carbocycles. The summed E-state index contributed by atoms with van der Waals surface area (Å²) in [6.07, 6.45) is 4.68. The molecule has 3 heteroatoms. The molecule has 0 bridgehead atoms. The predicted octanol–water partition coefficient (Wildman–Crippen LogP) is 2.07. The second-order valence-corrected chi connectivity index (χ2v) is 3.10. The third-order valence-electron chi connectivity index (χ3n) is 1.67. The van der Waals surface area contributed by atoms with Gasteiger partial charge in [0.15, 0.2) is 0 Å². The van der Waals surface area contributed by atoms with Crippen molar-refractivity contribution >= 4 is 11.8 Å². The molecule has 0 aromatic carbocycles. The van der Waals surface area contributed by atoms with E-state index in [0.29, 0.717) is 0 Å². The van der Waals surface area contributed by atoms with Crippen LogP contribution >= 0.6 is 11.8 Å². The molecule has 11 heavy (non-hydrogen) atoms. The summed E-state index contributed by atoms with van der Waals surface area (Å²) in [7, 11) is 0. The minimum atomic E-state index is 1.02. The Balaban J connectivity index is 3.13. The van der Waals surface area contributed by atoms with E-state index in [1.807, 2.05) is 13.2 Å². The SMILES string of the molecule is CCc1c(C)ncnc1SC. The maximum Gasteiger partial charge on any atom is 0.116 e. The Morgan fingerprint density at radius 3 is 2.64 bits per heavy atom. The zero-order chi connectivity index (χ0) is 8.27. The molecule has 1 aromatic heterocycles. The summed E-state index contributed by atoms with van der Waals surface area (Å²) in [6, 6.07) is 0. The lowest BCUT2D eigenvalue weighted by molar-refractivity contribution is 0.910. The predicted molar refractivity (Wildman–Crippen MR) is 47.9 cm³/mol. The standard InChI is InChI=1S/C8H12N2S/c1-4-7-6(2)9-5-10-8(7)11-3/h5H,4H2,1-3H3. The fraction of sp³-hybridized carbons (Fsp3) is 0.500. The first-order valence-corrected chi connectivity index (χ1v) is 4.86. The van der Waals surface area contributed by atoms with Gasteiger partial charge < -0.3 is 0 Å². The first kappa shape index (κ1) is 8.53. The first-order valence-electron chi connectivity index (χ1n) is 3.64. The molecular weight excluding hydrogens is 156 g/mol. The van der Waals surface area contributed by atoms with Gasteiger partial charge in [-0.25, -0.2) is 9.97 Å². The third-order valence-corrected chi connectivity index (χ3v) is 2.41. The number of hydrogen-bond acceptors (Lipinski definition) is 3. The van der Waals surface area contributed by atoms with Crippen molar-refractivity contribution < 1.29 is 0 Å². The zero-order valence-corrected chi connectivity index (χ0v) is 7.90. The van der Waals surface area contributed by atoms with Crippen LogP contribution in [0, 0.1) is 6.92 Å². The van der Waals surface area contributed by atoms with E-state index in [2.05, 4.69) is 16.9 Å². The summed E-state index contributed by atoms with van der Waals surface area (Å²) in [5.41, 5.74) is 2.38. The molecule has 0 amide bonds. The molecule has 0 aliphatic heterocycles. The quantitative estimate of drug-likeness (QED) is 0.499. The molecule has 0 aliphatic rings. The van der Waals surface area contributed by atoms with Crippen LogP contribution in [0.3, 0.4) is 0 Å². The Labute approximate surface area is 71.5 Å². The number of thioether (sulfide) groups is 1. The minimum Gasteiger partial charge on any atom is -0.241 e. The molecule has 0 atom stereocenters. The highest BCUT2D eigenvalue weighted by Gasteiger charge is 2.03. The normalized spacial score (nSPS) is 10.1. The zero-order valence-electron chi connectivity index (χ0n) is 7.09. The van der Waals surface area contributed by atoms with E-state index in [0.717, 1.165) is 17.1 Å². The Morgan fingerprint density at radius 2 is 2.18 bits per heavy atom. The van der Waals surface area contributed by atoms with Gasteiger partial charge in [-0.2, -0.15) is 0 Å². The van der Waals surface area contributed by atoms with Crippen molar-refractivity contribution in [2.45, 2.75) is 25.3 Å². The molecule has 0 N–H and O–H groups in total. The first-order chi connectivity index (χ1) is 5.29. The maximum atomic E-state index is 4.18. The Kier molecular flexibility index (Phi) is 2.88. The fourth-order valence-corrected chi connectivity index (χ4v) is 1.75. The monoisotopic (exact) mass is 168 g/mol. The van der Waals surface area contributed by atoms with E-state index in [4.69, 9.17) is 0 Å². The Bertz CT molecular complexity index is 248. The van der Waals surface area contributed by atoms with Gasteiger partial charge in [-0.1, -0.05) is 6.92 Å². The minimum absolute atomic E-state index is 1.02. The number of aromatic nitrogens is 2. The van der Waals surface area contributed by atoms with Crippen LogP contribution in [0.15, 0.2) is 11.4 Å². The van der Waals surface area contributed by atoms with Gasteiger partial charge in [-0.05, 0) is 19.6 Å². The van der Waals surface area contributed by atoms with Gasteiger partial charge in [0.1, 0.15) is 11.4 Å². The molecule has 1 aromatic rings. The van der Waals surface area contributed by atoms with E-state index in [1.54, 1.807) is 18.1 Å². The summed E-state index contributed by atoms with van der Waals surface area (Å²) < 4.78 is 0. The molecule has 0 saturated heterocycles. The lowest BCUT2D eigenvalue weighted by atomic mass is 10.2. The Morgan fingerprint density at radius 1 is 1.45 bits per heavy atom. The Hall–Kier alpha value is -0.570. The van der Waals surface area contributed by atoms with E-state index in [1.165, 1.54) is 5.56 Å². The lowest BCUT2D eigenvalue weighted by Crippen LogP contribution is -1.95. The van der Waals surface area contributed by atoms with Gasteiger partial charge >= 0.3 is 0 Å². The van der Waals surface area contributed by atoms with Crippen LogP contribution in [0.1, 0.15) is 18.2 Å². The van der Waals surface area contributed by atoms with Crippen molar-refractivity contribution in [3.05, 3.63) is 17.6 Å². The van der Waals surface area contributed by atoms with Crippen LogP contribution in [0.5, 0.6) is 0 Å². The molecular formula is C8H12N2S. The molecule has 60 valence electrons. The summed E-state index contributed by atoms with van der Waals surface area (Å²) in [5, 5.41) is 1.11. The van der Waals surface area contributed by atoms with Crippen LogP contribution in [0.2, 0.25) is 0 Å². The third kappa shape index (κ3) is 1.71. The molecule has 1 rings (SSSR count). The summed E-state index contributed by atoms with van der Waals surface area (Å²) in [4.78, 5) is 8.31. The number of hydrogen-bond donors (Lipinski definition) is 0. The average Bonchev–Trinajstić information content (AvgIpc) is 2.04. The van der Waals surface area contributed by atoms with E-state index in [9.17, 15) is 0 Å². The number of nitrogens with zero attached hydrogens (tertiary/aromatic N) is 2. The van der Waals surface area contributed by atoms with Crippen LogP contribution in [0.25, 0.3) is 0 Å². The second-order valence-electron chi connectivity index (χ2n) is 2.30. The van der Waals surface area contributed by atoms with E-state index < -0.39 is 0 Å². The molecule has 0 radical (unpaired) electrons. The van der Waals surface area contributed by atoms with E-state index >= 15 is 0 Å². The van der Waals surface area contributed by atoms with Gasteiger partial charge in [0, 0.05) is 11.3 Å². The summed E-state index contributed by atoms with van der Waals surface area (Å²) in [6.45, 7) is 4.16. The van der Waals surface area contributed by atoms with Gasteiger partial charge in [-0.15, -0.1) is 11.8 Å². The van der Waals surface area contributed by atoms with Gasteiger partial charge in [0.05, 0.1) is 0 Å². The van der Waals surface area contributed by atoms with Crippen LogP contribution in [-0.4, -0.2) is 16.2 Å². The fourth-order valence-electron chi connectivity index (χ4n) is 1.06. The van der Waals surface area contributed by atoms with Crippen LogP contribution in [-0.2, 0) is 6.42 Å².